The van der Waals surface area contributed by atoms with Gasteiger partial charge in [0.25, 0.3) is 0 Å². The van der Waals surface area contributed by atoms with Crippen LogP contribution in [0.2, 0.25) is 0 Å². The van der Waals surface area contributed by atoms with Crippen molar-refractivity contribution in [3.63, 3.8) is 0 Å². The van der Waals surface area contributed by atoms with Gasteiger partial charge in [-0.15, -0.1) is 0 Å². The van der Waals surface area contributed by atoms with E-state index in [9.17, 15) is 4.79 Å². The molecule has 0 aliphatic carbocycles. The third-order valence-electron chi connectivity index (χ3n) is 4.66. The molecule has 0 radical (unpaired) electrons. The largest absolute Gasteiger partial charge is 0.494 e. The lowest BCUT2D eigenvalue weighted by Gasteiger charge is -2.13. The van der Waals surface area contributed by atoms with Gasteiger partial charge in [0.2, 0.25) is 5.91 Å². The molecule has 0 aliphatic rings. The van der Waals surface area contributed by atoms with Crippen molar-refractivity contribution in [1.82, 2.24) is 0 Å². The number of benzene rings is 3. The molecule has 5 heteroatoms. The van der Waals surface area contributed by atoms with Crippen molar-refractivity contribution >= 4 is 17.3 Å². The number of para-hydroxylation sites is 2. The summed E-state index contributed by atoms with van der Waals surface area (Å²) in [5, 5.41) is 6.01. The highest BCUT2D eigenvalue weighted by atomic mass is 16.5. The molecule has 5 nitrogen and oxygen atoms in total. The maximum Gasteiger partial charge on any atom is 0.243 e. The van der Waals surface area contributed by atoms with Gasteiger partial charge in [0.05, 0.1) is 18.8 Å². The van der Waals surface area contributed by atoms with Crippen LogP contribution in [0.15, 0.2) is 91.0 Å². The second kappa shape index (κ2) is 12.2. The summed E-state index contributed by atoms with van der Waals surface area (Å²) < 4.78 is 11.5. The Hall–Kier alpha value is -3.73. The van der Waals surface area contributed by atoms with Crippen molar-refractivity contribution in [3.8, 4) is 11.5 Å². The highest BCUT2D eigenvalue weighted by molar-refractivity contribution is 5.95. The van der Waals surface area contributed by atoms with Gasteiger partial charge in [-0.1, -0.05) is 49.0 Å². The summed E-state index contributed by atoms with van der Waals surface area (Å²) in [5.74, 6) is 1.28. The van der Waals surface area contributed by atoms with Gasteiger partial charge in [0.15, 0.2) is 0 Å². The lowest BCUT2D eigenvalue weighted by Crippen LogP contribution is -2.22. The number of rotatable bonds is 12. The van der Waals surface area contributed by atoms with Gasteiger partial charge in [-0.2, -0.15) is 0 Å². The topological polar surface area (TPSA) is 59.6 Å². The molecule has 0 fully saturated rings. The number of ether oxygens (including phenoxy) is 2. The normalized spacial score (nSPS) is 10.3. The molecule has 0 spiro atoms. The molecule has 3 rings (SSSR count). The van der Waals surface area contributed by atoms with Crippen molar-refractivity contribution in [2.24, 2.45) is 0 Å². The molecule has 0 bridgehead atoms. The van der Waals surface area contributed by atoms with Crippen LogP contribution in [-0.2, 0) is 11.2 Å². The summed E-state index contributed by atoms with van der Waals surface area (Å²) in [4.78, 5) is 12.4. The molecule has 2 N–H and O–H groups in total. The number of amides is 1. The zero-order chi connectivity index (χ0) is 22.6. The van der Waals surface area contributed by atoms with Gasteiger partial charge >= 0.3 is 0 Å². The molecule has 0 heterocycles. The van der Waals surface area contributed by atoms with E-state index in [1.165, 1.54) is 5.56 Å². The molecule has 166 valence electrons. The zero-order valence-corrected chi connectivity index (χ0v) is 18.5. The fourth-order valence-corrected chi connectivity index (χ4v) is 3.05. The standard InChI is InChI=1S/C27H30N2O3/c1-21(2)20-32-26-13-7-6-12-25(26)29-27(30)19-28-23-14-16-24(17-15-23)31-18-8-11-22-9-4-3-5-10-22/h3-7,9-10,12-17,28H,1,8,11,18-20H2,2H3,(H,29,30). The smallest absolute Gasteiger partial charge is 0.243 e. The Bertz CT molecular complexity index is 1000. The first-order valence-corrected chi connectivity index (χ1v) is 10.8. The Labute approximate surface area is 190 Å². The number of hydrogen-bond acceptors (Lipinski definition) is 4. The Morgan fingerprint density at radius 1 is 0.906 bits per heavy atom. The highest BCUT2D eigenvalue weighted by Crippen LogP contribution is 2.24. The summed E-state index contributed by atoms with van der Waals surface area (Å²) >= 11 is 0. The summed E-state index contributed by atoms with van der Waals surface area (Å²) in [6.07, 6.45) is 1.96. The number of nitrogens with one attached hydrogen (secondary N) is 2. The van der Waals surface area contributed by atoms with Crippen LogP contribution in [0.5, 0.6) is 11.5 Å². The highest BCUT2D eigenvalue weighted by Gasteiger charge is 2.08. The first-order valence-electron chi connectivity index (χ1n) is 10.8. The minimum Gasteiger partial charge on any atom is -0.494 e. The van der Waals surface area contributed by atoms with Crippen LogP contribution >= 0.6 is 0 Å². The van der Waals surface area contributed by atoms with Gasteiger partial charge in [0, 0.05) is 5.69 Å². The van der Waals surface area contributed by atoms with E-state index in [4.69, 9.17) is 9.47 Å². The van der Waals surface area contributed by atoms with E-state index >= 15 is 0 Å². The number of anilines is 2. The fourth-order valence-electron chi connectivity index (χ4n) is 3.05. The van der Waals surface area contributed by atoms with E-state index in [1.54, 1.807) is 0 Å². The zero-order valence-electron chi connectivity index (χ0n) is 18.5. The molecule has 0 unspecified atom stereocenters. The lowest BCUT2D eigenvalue weighted by atomic mass is 10.1. The van der Waals surface area contributed by atoms with Crippen LogP contribution in [0.3, 0.4) is 0 Å². The summed E-state index contributed by atoms with van der Waals surface area (Å²) in [6, 6.07) is 25.4. The van der Waals surface area contributed by atoms with Gasteiger partial charge < -0.3 is 20.1 Å². The average Bonchev–Trinajstić information content (AvgIpc) is 2.81. The Balaban J connectivity index is 1.40. The van der Waals surface area contributed by atoms with Gasteiger partial charge in [-0.3, -0.25) is 4.79 Å². The minimum absolute atomic E-state index is 0.145. The van der Waals surface area contributed by atoms with Crippen LogP contribution in [0.4, 0.5) is 11.4 Å². The quantitative estimate of drug-likeness (QED) is 0.286. The second-order valence-corrected chi connectivity index (χ2v) is 7.61. The Morgan fingerprint density at radius 2 is 1.62 bits per heavy atom. The number of aryl methyl sites for hydroxylation is 1. The number of carbonyl (C=O) groups is 1. The predicted octanol–water partition coefficient (Wildman–Crippen LogP) is 5.70. The van der Waals surface area contributed by atoms with E-state index in [-0.39, 0.29) is 12.5 Å². The molecule has 0 saturated heterocycles. The van der Waals surface area contributed by atoms with E-state index in [2.05, 4.69) is 41.5 Å². The van der Waals surface area contributed by atoms with Crippen LogP contribution in [0.1, 0.15) is 18.9 Å². The second-order valence-electron chi connectivity index (χ2n) is 7.61. The van der Waals surface area contributed by atoms with Crippen LogP contribution in [0, 0.1) is 0 Å². The third-order valence-corrected chi connectivity index (χ3v) is 4.66. The summed E-state index contributed by atoms with van der Waals surface area (Å²) in [5.41, 5.74) is 3.72. The van der Waals surface area contributed by atoms with Crippen LogP contribution < -0.4 is 20.1 Å². The molecular weight excluding hydrogens is 400 g/mol. The van der Waals surface area contributed by atoms with Crippen LogP contribution in [0.25, 0.3) is 0 Å². The van der Waals surface area contributed by atoms with Crippen molar-refractivity contribution in [2.45, 2.75) is 19.8 Å². The van der Waals surface area contributed by atoms with E-state index in [0.717, 1.165) is 29.9 Å². The summed E-state index contributed by atoms with van der Waals surface area (Å²) in [6.45, 7) is 6.94. The van der Waals surface area contributed by atoms with Gasteiger partial charge in [-0.05, 0) is 67.3 Å². The van der Waals surface area contributed by atoms with Crippen molar-refractivity contribution in [2.75, 3.05) is 30.4 Å². The Kier molecular flexibility index (Phi) is 8.75. The van der Waals surface area contributed by atoms with E-state index in [0.29, 0.717) is 24.7 Å². The molecule has 0 saturated carbocycles. The molecular formula is C27H30N2O3. The van der Waals surface area contributed by atoms with Crippen molar-refractivity contribution < 1.29 is 14.3 Å². The van der Waals surface area contributed by atoms with Crippen molar-refractivity contribution in [1.29, 1.82) is 0 Å². The minimum atomic E-state index is -0.155. The monoisotopic (exact) mass is 430 g/mol. The first-order chi connectivity index (χ1) is 15.6. The van der Waals surface area contributed by atoms with Gasteiger partial charge in [-0.25, -0.2) is 0 Å². The van der Waals surface area contributed by atoms with Gasteiger partial charge in [0.1, 0.15) is 18.1 Å². The molecule has 0 aromatic heterocycles. The molecule has 0 aliphatic heterocycles. The molecule has 3 aromatic carbocycles. The maximum absolute atomic E-state index is 12.4. The molecule has 0 atom stereocenters. The molecule has 1 amide bonds. The van der Waals surface area contributed by atoms with Crippen LogP contribution in [-0.4, -0.2) is 25.7 Å². The third kappa shape index (κ3) is 7.84. The summed E-state index contributed by atoms with van der Waals surface area (Å²) in [7, 11) is 0. The van der Waals surface area contributed by atoms with E-state index in [1.807, 2.05) is 61.5 Å². The van der Waals surface area contributed by atoms with E-state index < -0.39 is 0 Å². The maximum atomic E-state index is 12.4. The average molecular weight is 431 g/mol. The molecule has 3 aromatic rings. The first kappa shape index (κ1) is 22.9. The predicted molar refractivity (Wildman–Crippen MR) is 131 cm³/mol. The number of carbonyl (C=O) groups excluding carboxylic acids is 1. The Morgan fingerprint density at radius 3 is 2.38 bits per heavy atom. The fraction of sp³-hybridized carbons (Fsp3) is 0.222. The van der Waals surface area contributed by atoms with Crippen molar-refractivity contribution in [3.05, 3.63) is 96.6 Å². The SMILES string of the molecule is C=C(C)COc1ccccc1NC(=O)CNc1ccc(OCCCc2ccccc2)cc1. The number of hydrogen-bond donors (Lipinski definition) is 2. The molecule has 32 heavy (non-hydrogen) atoms. The lowest BCUT2D eigenvalue weighted by molar-refractivity contribution is -0.114.